The molecular formula is C12H18ClN3OS. The van der Waals surface area contributed by atoms with Crippen LogP contribution in [0.5, 0.6) is 0 Å². The molecular weight excluding hydrogens is 270 g/mol. The van der Waals surface area contributed by atoms with E-state index in [4.69, 9.17) is 16.3 Å². The molecule has 0 amide bonds. The van der Waals surface area contributed by atoms with Crippen molar-refractivity contribution in [1.82, 2.24) is 14.5 Å². The Kier molecular flexibility index (Phi) is 4.14. The molecule has 4 nitrogen and oxygen atoms in total. The Morgan fingerprint density at radius 2 is 2.11 bits per heavy atom. The summed E-state index contributed by atoms with van der Waals surface area (Å²) in [6.45, 7) is 1.29. The topological polar surface area (TPSA) is 39.9 Å². The fourth-order valence-electron chi connectivity index (χ4n) is 1.51. The van der Waals surface area contributed by atoms with Crippen LogP contribution in [0.2, 0.25) is 5.15 Å². The second kappa shape index (κ2) is 5.47. The Bertz CT molecular complexity index is 536. The fraction of sp³-hybridized carbons (Fsp3) is 0.500. The Balaban J connectivity index is 1.96. The van der Waals surface area contributed by atoms with Crippen LogP contribution in [0.1, 0.15) is 0 Å². The summed E-state index contributed by atoms with van der Waals surface area (Å²) in [6.07, 6.45) is 10.3. The Morgan fingerprint density at radius 3 is 2.83 bits per heavy atom. The van der Waals surface area contributed by atoms with Crippen molar-refractivity contribution in [2.45, 2.75) is 6.73 Å². The minimum absolute atomic E-state index is 0.463. The second-order valence-electron chi connectivity index (χ2n) is 5.04. The van der Waals surface area contributed by atoms with E-state index >= 15 is 0 Å². The lowest BCUT2D eigenvalue weighted by Gasteiger charge is -2.24. The van der Waals surface area contributed by atoms with Gasteiger partial charge in [-0.3, -0.25) is 0 Å². The molecule has 0 aliphatic rings. The van der Waals surface area contributed by atoms with E-state index in [0.717, 1.165) is 23.4 Å². The van der Waals surface area contributed by atoms with Crippen molar-refractivity contribution >= 4 is 32.7 Å². The normalized spacial score (nSPS) is 13.1. The third-order valence-electron chi connectivity index (χ3n) is 2.54. The first kappa shape index (κ1) is 13.6. The van der Waals surface area contributed by atoms with Crippen molar-refractivity contribution in [3.05, 3.63) is 23.7 Å². The largest absolute Gasteiger partial charge is 0.360 e. The van der Waals surface area contributed by atoms with Gasteiger partial charge < -0.3 is 9.30 Å². The highest BCUT2D eigenvalue weighted by Gasteiger charge is 2.06. The van der Waals surface area contributed by atoms with Gasteiger partial charge in [0.05, 0.1) is 30.2 Å². The van der Waals surface area contributed by atoms with Crippen LogP contribution in [-0.4, -0.2) is 45.7 Å². The Hall–Kier alpha value is -0.780. The van der Waals surface area contributed by atoms with Crippen LogP contribution in [0.25, 0.3) is 11.0 Å². The molecule has 0 fully saturated rings. The van der Waals surface area contributed by atoms with Gasteiger partial charge in [0.25, 0.3) is 0 Å². The zero-order valence-electron chi connectivity index (χ0n) is 10.9. The van der Waals surface area contributed by atoms with Crippen molar-refractivity contribution in [3.63, 3.8) is 0 Å². The summed E-state index contributed by atoms with van der Waals surface area (Å²) < 4.78 is 7.62. The number of hydrogen-bond acceptors (Lipinski definition) is 3. The second-order valence-corrected chi connectivity index (χ2v) is 10.0. The third kappa shape index (κ3) is 3.60. The lowest BCUT2D eigenvalue weighted by atomic mass is 10.4. The number of hydrogen-bond donors (Lipinski definition) is 0. The van der Waals surface area contributed by atoms with Gasteiger partial charge in [-0.15, -0.1) is 0 Å². The predicted octanol–water partition coefficient (Wildman–Crippen LogP) is 2.75. The molecule has 0 bridgehead atoms. The molecule has 2 aromatic heterocycles. The molecule has 100 valence electrons. The fourth-order valence-corrected chi connectivity index (χ4v) is 2.28. The number of ether oxygens (including phenoxy) is 1. The molecule has 0 saturated heterocycles. The average molecular weight is 288 g/mol. The van der Waals surface area contributed by atoms with Crippen LogP contribution in [-0.2, 0) is 11.5 Å². The van der Waals surface area contributed by atoms with E-state index in [-0.39, 0.29) is 0 Å². The summed E-state index contributed by atoms with van der Waals surface area (Å²) in [6, 6.07) is 1.76. The molecule has 0 aliphatic heterocycles. The molecule has 6 heteroatoms. The highest BCUT2D eigenvalue weighted by atomic mass is 35.5. The number of imidazole rings is 1. The Morgan fingerprint density at radius 1 is 1.33 bits per heavy atom. The molecule has 0 saturated carbocycles. The molecule has 0 N–H and O–H groups in total. The molecule has 2 heterocycles. The summed E-state index contributed by atoms with van der Waals surface area (Å²) in [7, 11) is -0.493. The highest BCUT2D eigenvalue weighted by Crippen LogP contribution is 2.33. The number of pyridine rings is 1. The maximum Gasteiger partial charge on any atom is 0.131 e. The molecule has 0 spiro atoms. The van der Waals surface area contributed by atoms with Crippen LogP contribution in [0.3, 0.4) is 0 Å². The van der Waals surface area contributed by atoms with Gasteiger partial charge in [-0.1, -0.05) is 11.6 Å². The van der Waals surface area contributed by atoms with Crippen LogP contribution in [0.4, 0.5) is 0 Å². The van der Waals surface area contributed by atoms with Gasteiger partial charge in [0, 0.05) is 11.8 Å². The number of halogens is 1. The number of rotatable bonds is 5. The number of aromatic nitrogens is 3. The van der Waals surface area contributed by atoms with Gasteiger partial charge in [-0.05, 0) is 18.8 Å². The van der Waals surface area contributed by atoms with E-state index in [2.05, 4.69) is 28.7 Å². The van der Waals surface area contributed by atoms with Crippen LogP contribution in [0, 0.1) is 0 Å². The van der Waals surface area contributed by atoms with Gasteiger partial charge in [0.2, 0.25) is 0 Å². The van der Waals surface area contributed by atoms with Gasteiger partial charge in [0.15, 0.2) is 0 Å². The monoisotopic (exact) mass is 287 g/mol. The maximum absolute atomic E-state index is 5.82. The first-order valence-corrected chi connectivity index (χ1v) is 9.06. The smallest absolute Gasteiger partial charge is 0.131 e. The molecule has 0 atom stereocenters. The standard InChI is InChI=1S/C12H18ClN3OS/c1-18(2,3)5-4-17-9-16-8-15-10-6-12(13)14-7-11(10)16/h6-8H,4-5,9H2,1-3H3. The summed E-state index contributed by atoms with van der Waals surface area (Å²) in [5.74, 6) is 1.11. The van der Waals surface area contributed by atoms with Crippen molar-refractivity contribution in [2.75, 3.05) is 31.1 Å². The Labute approximate surface area is 114 Å². The van der Waals surface area contributed by atoms with E-state index in [9.17, 15) is 0 Å². The lowest BCUT2D eigenvalue weighted by Crippen LogP contribution is -2.09. The molecule has 2 rings (SSSR count). The zero-order valence-corrected chi connectivity index (χ0v) is 12.5. The summed E-state index contributed by atoms with van der Waals surface area (Å²) in [4.78, 5) is 8.33. The molecule has 0 unspecified atom stereocenters. The zero-order chi connectivity index (χ0) is 13.2. The van der Waals surface area contributed by atoms with Gasteiger partial charge in [0.1, 0.15) is 11.9 Å². The van der Waals surface area contributed by atoms with Crippen molar-refractivity contribution in [3.8, 4) is 0 Å². The van der Waals surface area contributed by atoms with E-state index < -0.39 is 10.0 Å². The highest BCUT2D eigenvalue weighted by molar-refractivity contribution is 8.32. The van der Waals surface area contributed by atoms with Crippen molar-refractivity contribution in [2.24, 2.45) is 0 Å². The molecule has 0 aromatic carbocycles. The first-order chi connectivity index (χ1) is 8.46. The van der Waals surface area contributed by atoms with E-state index in [1.807, 2.05) is 4.57 Å². The van der Waals surface area contributed by atoms with Gasteiger partial charge in [-0.2, -0.15) is 0 Å². The molecule has 0 aliphatic carbocycles. The average Bonchev–Trinajstić information content (AvgIpc) is 2.65. The van der Waals surface area contributed by atoms with E-state index in [1.165, 1.54) is 0 Å². The van der Waals surface area contributed by atoms with Crippen LogP contribution >= 0.6 is 21.6 Å². The van der Waals surface area contributed by atoms with E-state index in [1.54, 1.807) is 18.6 Å². The van der Waals surface area contributed by atoms with Crippen molar-refractivity contribution < 1.29 is 4.74 Å². The van der Waals surface area contributed by atoms with Gasteiger partial charge in [-0.25, -0.2) is 20.0 Å². The number of nitrogens with zero attached hydrogens (tertiary/aromatic N) is 3. The maximum atomic E-state index is 5.82. The minimum atomic E-state index is -0.493. The molecule has 2 aromatic rings. The van der Waals surface area contributed by atoms with Gasteiger partial charge >= 0.3 is 0 Å². The summed E-state index contributed by atoms with van der Waals surface area (Å²) >= 11 is 5.82. The van der Waals surface area contributed by atoms with Crippen molar-refractivity contribution in [1.29, 1.82) is 0 Å². The third-order valence-corrected chi connectivity index (χ3v) is 4.14. The summed E-state index contributed by atoms with van der Waals surface area (Å²) in [5, 5.41) is 0.463. The molecule has 18 heavy (non-hydrogen) atoms. The minimum Gasteiger partial charge on any atom is -0.360 e. The molecule has 0 radical (unpaired) electrons. The lowest BCUT2D eigenvalue weighted by molar-refractivity contribution is 0.0923. The number of fused-ring (bicyclic) bond motifs is 1. The summed E-state index contributed by atoms with van der Waals surface area (Å²) in [5.41, 5.74) is 1.79. The van der Waals surface area contributed by atoms with E-state index in [0.29, 0.717) is 11.9 Å². The quantitative estimate of drug-likeness (QED) is 0.627. The first-order valence-electron chi connectivity index (χ1n) is 5.66. The SMILES string of the molecule is CS(C)(C)CCOCn1cnc2cc(Cl)ncc21. The van der Waals surface area contributed by atoms with Crippen LogP contribution in [0.15, 0.2) is 18.6 Å². The predicted molar refractivity (Wildman–Crippen MR) is 78.7 cm³/mol. The van der Waals surface area contributed by atoms with Crippen LogP contribution < -0.4 is 0 Å².